The first kappa shape index (κ1) is 18.2. The molecule has 0 aromatic heterocycles. The molecule has 0 atom stereocenters. The molecule has 0 spiro atoms. The highest BCUT2D eigenvalue weighted by Crippen LogP contribution is 2.49. The number of anilines is 2. The first-order valence-corrected chi connectivity index (χ1v) is 9.86. The van der Waals surface area contributed by atoms with E-state index in [-0.39, 0.29) is 17.4 Å². The summed E-state index contributed by atoms with van der Waals surface area (Å²) in [5, 5.41) is 2.83. The van der Waals surface area contributed by atoms with Crippen molar-refractivity contribution in [1.82, 2.24) is 0 Å². The molecule has 1 saturated carbocycles. The zero-order valence-corrected chi connectivity index (χ0v) is 15.2. The quantitative estimate of drug-likeness (QED) is 0.810. The molecule has 1 fully saturated rings. The van der Waals surface area contributed by atoms with E-state index in [2.05, 4.69) is 10.0 Å². The third-order valence-corrected chi connectivity index (χ3v) is 4.93. The van der Waals surface area contributed by atoms with Gasteiger partial charge in [0.05, 0.1) is 24.5 Å². The fourth-order valence-corrected chi connectivity index (χ4v) is 3.41. The second-order valence-electron chi connectivity index (χ2n) is 6.33. The molecule has 0 unspecified atom stereocenters. The van der Waals surface area contributed by atoms with Crippen LogP contribution in [0.1, 0.15) is 18.4 Å². The van der Waals surface area contributed by atoms with E-state index in [0.717, 1.165) is 11.8 Å². The number of sulfonamides is 1. The van der Waals surface area contributed by atoms with Crippen LogP contribution in [-0.2, 0) is 20.2 Å². The van der Waals surface area contributed by atoms with Gasteiger partial charge in [-0.15, -0.1) is 0 Å². The van der Waals surface area contributed by atoms with Crippen LogP contribution in [0.3, 0.4) is 0 Å². The largest absolute Gasteiger partial charge is 0.494 e. The van der Waals surface area contributed by atoms with E-state index in [0.29, 0.717) is 24.3 Å². The smallest absolute Gasteiger partial charge is 0.235 e. The standard InChI is InChI=1S/C18H19FN2O4S/c1-25-16-11-14(7-8-15(16)21-26(2,23)24)20-17(22)18(9-10-18)12-3-5-13(19)6-4-12/h3-8,11,21H,9-10H2,1-2H3,(H,20,22). The first-order chi connectivity index (χ1) is 12.2. The van der Waals surface area contributed by atoms with Gasteiger partial charge in [0.2, 0.25) is 15.9 Å². The van der Waals surface area contributed by atoms with E-state index in [1.165, 1.54) is 25.3 Å². The average molecular weight is 378 g/mol. The number of carbonyl (C=O) groups is 1. The number of halogens is 1. The summed E-state index contributed by atoms with van der Waals surface area (Å²) < 4.78 is 43.4. The SMILES string of the molecule is COc1cc(NC(=O)C2(c3ccc(F)cc3)CC2)ccc1NS(C)(=O)=O. The molecular weight excluding hydrogens is 359 g/mol. The summed E-state index contributed by atoms with van der Waals surface area (Å²) in [5.74, 6) is -0.238. The number of ether oxygens (including phenoxy) is 1. The van der Waals surface area contributed by atoms with Crippen molar-refractivity contribution in [1.29, 1.82) is 0 Å². The van der Waals surface area contributed by atoms with Crippen molar-refractivity contribution in [3.8, 4) is 5.75 Å². The van der Waals surface area contributed by atoms with Crippen molar-refractivity contribution in [2.24, 2.45) is 0 Å². The van der Waals surface area contributed by atoms with Gasteiger partial charge < -0.3 is 10.1 Å². The molecule has 2 aromatic rings. The maximum absolute atomic E-state index is 13.1. The molecule has 1 aliphatic carbocycles. The van der Waals surface area contributed by atoms with Crippen LogP contribution in [0, 0.1) is 5.82 Å². The van der Waals surface area contributed by atoms with Gasteiger partial charge in [-0.25, -0.2) is 12.8 Å². The van der Waals surface area contributed by atoms with Crippen LogP contribution in [0.5, 0.6) is 5.75 Å². The summed E-state index contributed by atoms with van der Waals surface area (Å²) in [6, 6.07) is 10.6. The van der Waals surface area contributed by atoms with Crippen LogP contribution in [0.15, 0.2) is 42.5 Å². The predicted molar refractivity (Wildman–Crippen MR) is 97.4 cm³/mol. The molecule has 138 valence electrons. The summed E-state index contributed by atoms with van der Waals surface area (Å²) in [6.07, 6.45) is 2.42. The van der Waals surface area contributed by atoms with Gasteiger partial charge in [-0.05, 0) is 42.7 Å². The summed E-state index contributed by atoms with van der Waals surface area (Å²) in [4.78, 5) is 12.7. The van der Waals surface area contributed by atoms with Crippen LogP contribution in [-0.4, -0.2) is 27.7 Å². The lowest BCUT2D eigenvalue weighted by molar-refractivity contribution is -0.118. The van der Waals surface area contributed by atoms with Crippen LogP contribution in [0.25, 0.3) is 0 Å². The molecule has 3 rings (SSSR count). The summed E-state index contributed by atoms with van der Waals surface area (Å²) in [5.41, 5.74) is 0.899. The summed E-state index contributed by atoms with van der Waals surface area (Å²) in [7, 11) is -2.03. The first-order valence-electron chi connectivity index (χ1n) is 7.97. The molecule has 0 aliphatic heterocycles. The second kappa shape index (κ2) is 6.60. The van der Waals surface area contributed by atoms with Gasteiger partial charge >= 0.3 is 0 Å². The van der Waals surface area contributed by atoms with E-state index < -0.39 is 15.4 Å². The Morgan fingerprint density at radius 3 is 2.35 bits per heavy atom. The van der Waals surface area contributed by atoms with Gasteiger partial charge in [0.15, 0.2) is 0 Å². The zero-order valence-electron chi connectivity index (χ0n) is 14.4. The van der Waals surface area contributed by atoms with E-state index >= 15 is 0 Å². The lowest BCUT2D eigenvalue weighted by Crippen LogP contribution is -2.27. The number of nitrogens with one attached hydrogen (secondary N) is 2. The fraction of sp³-hybridized carbons (Fsp3) is 0.278. The van der Waals surface area contributed by atoms with E-state index in [1.807, 2.05) is 0 Å². The van der Waals surface area contributed by atoms with Gasteiger partial charge in [0.1, 0.15) is 11.6 Å². The van der Waals surface area contributed by atoms with Gasteiger partial charge in [0, 0.05) is 11.8 Å². The minimum absolute atomic E-state index is 0.185. The van der Waals surface area contributed by atoms with E-state index in [9.17, 15) is 17.6 Å². The predicted octanol–water partition coefficient (Wildman–Crippen LogP) is 2.88. The monoisotopic (exact) mass is 378 g/mol. The fourth-order valence-electron chi connectivity index (χ4n) is 2.84. The zero-order chi connectivity index (χ0) is 18.9. The number of carbonyl (C=O) groups excluding carboxylic acids is 1. The van der Waals surface area contributed by atoms with Gasteiger partial charge in [0.25, 0.3) is 0 Å². The Morgan fingerprint density at radius 2 is 1.81 bits per heavy atom. The normalized spacial score (nSPS) is 15.2. The Kier molecular flexibility index (Phi) is 4.62. The van der Waals surface area contributed by atoms with Crippen molar-refractivity contribution in [2.75, 3.05) is 23.4 Å². The molecule has 0 heterocycles. The molecule has 2 aromatic carbocycles. The topological polar surface area (TPSA) is 84.5 Å². The Morgan fingerprint density at radius 1 is 1.15 bits per heavy atom. The molecule has 6 nitrogen and oxygen atoms in total. The van der Waals surface area contributed by atoms with E-state index in [1.54, 1.807) is 24.3 Å². The van der Waals surface area contributed by atoms with Crippen molar-refractivity contribution in [2.45, 2.75) is 18.3 Å². The Labute approximate surface area is 151 Å². The van der Waals surface area contributed by atoms with Gasteiger partial charge in [-0.3, -0.25) is 9.52 Å². The Hall–Kier alpha value is -2.61. The molecule has 8 heteroatoms. The number of amides is 1. The maximum Gasteiger partial charge on any atom is 0.235 e. The van der Waals surface area contributed by atoms with Crippen LogP contribution >= 0.6 is 0 Å². The molecule has 0 saturated heterocycles. The third-order valence-electron chi connectivity index (χ3n) is 4.34. The second-order valence-corrected chi connectivity index (χ2v) is 8.08. The highest BCUT2D eigenvalue weighted by molar-refractivity contribution is 7.92. The molecule has 26 heavy (non-hydrogen) atoms. The molecule has 0 radical (unpaired) electrons. The minimum atomic E-state index is -3.45. The van der Waals surface area contributed by atoms with Crippen molar-refractivity contribution >= 4 is 27.3 Å². The van der Waals surface area contributed by atoms with Crippen LogP contribution < -0.4 is 14.8 Å². The Bertz CT molecular complexity index is 938. The summed E-state index contributed by atoms with van der Waals surface area (Å²) >= 11 is 0. The third kappa shape index (κ3) is 3.80. The summed E-state index contributed by atoms with van der Waals surface area (Å²) in [6.45, 7) is 0. The van der Waals surface area contributed by atoms with Crippen molar-refractivity contribution in [3.63, 3.8) is 0 Å². The molecule has 0 bridgehead atoms. The molecule has 1 amide bonds. The molecular formula is C18H19FN2O4S. The lowest BCUT2D eigenvalue weighted by atomic mass is 9.95. The number of hydrogen-bond acceptors (Lipinski definition) is 4. The number of hydrogen-bond donors (Lipinski definition) is 2. The highest BCUT2D eigenvalue weighted by atomic mass is 32.2. The highest BCUT2D eigenvalue weighted by Gasteiger charge is 2.51. The Balaban J connectivity index is 1.80. The lowest BCUT2D eigenvalue weighted by Gasteiger charge is -2.17. The van der Waals surface area contributed by atoms with Crippen molar-refractivity contribution in [3.05, 3.63) is 53.8 Å². The maximum atomic E-state index is 13.1. The average Bonchev–Trinajstić information content (AvgIpc) is 3.37. The minimum Gasteiger partial charge on any atom is -0.494 e. The van der Waals surface area contributed by atoms with Crippen LogP contribution in [0.4, 0.5) is 15.8 Å². The van der Waals surface area contributed by atoms with Gasteiger partial charge in [-0.2, -0.15) is 0 Å². The van der Waals surface area contributed by atoms with Crippen LogP contribution in [0.2, 0.25) is 0 Å². The van der Waals surface area contributed by atoms with Gasteiger partial charge in [-0.1, -0.05) is 12.1 Å². The van der Waals surface area contributed by atoms with Crippen molar-refractivity contribution < 1.29 is 22.3 Å². The van der Waals surface area contributed by atoms with E-state index in [4.69, 9.17) is 4.74 Å². The number of benzene rings is 2. The number of methoxy groups -OCH3 is 1. The molecule has 1 aliphatic rings. The number of rotatable bonds is 6. The molecule has 2 N–H and O–H groups in total.